The highest BCUT2D eigenvalue weighted by atomic mass is 79.9. The molecule has 24 heavy (non-hydrogen) atoms. The summed E-state index contributed by atoms with van der Waals surface area (Å²) in [5, 5.41) is 0. The number of carbonyl (C=O) groups is 1. The molecule has 1 aromatic carbocycles. The number of benzene rings is 1. The van der Waals surface area contributed by atoms with E-state index in [0.717, 1.165) is 29.7 Å². The van der Waals surface area contributed by atoms with E-state index in [9.17, 15) is 4.79 Å². The molecule has 136 valence electrons. The van der Waals surface area contributed by atoms with Crippen LogP contribution in [0.3, 0.4) is 0 Å². The first-order valence-corrected chi connectivity index (χ1v) is 9.79. The number of carbonyl (C=O) groups excluding carboxylic acids is 1. The van der Waals surface area contributed by atoms with Crippen LogP contribution < -0.4 is 9.47 Å². The van der Waals surface area contributed by atoms with Gasteiger partial charge in [0.2, 0.25) is 0 Å². The van der Waals surface area contributed by atoms with E-state index >= 15 is 0 Å². The van der Waals surface area contributed by atoms with E-state index < -0.39 is 0 Å². The number of methoxy groups -OCH3 is 2. The molecule has 1 atom stereocenters. The number of alkyl halides is 1. The SMILES string of the molecule is CCCCCCCCC(Br)C(=O)c1cc(OC)c(C)c(C)c1OC. The molecule has 0 saturated carbocycles. The summed E-state index contributed by atoms with van der Waals surface area (Å²) in [6.45, 7) is 6.16. The molecule has 0 amide bonds. The maximum absolute atomic E-state index is 12.8. The van der Waals surface area contributed by atoms with Crippen LogP contribution in [0.4, 0.5) is 0 Å². The highest BCUT2D eigenvalue weighted by Gasteiger charge is 2.24. The van der Waals surface area contributed by atoms with Crippen molar-refractivity contribution in [2.45, 2.75) is 70.5 Å². The van der Waals surface area contributed by atoms with Gasteiger partial charge in [-0.05, 0) is 37.5 Å². The number of Topliss-reactive ketones (excluding diaryl/α,β-unsaturated/α-hetero) is 1. The van der Waals surface area contributed by atoms with Gasteiger partial charge in [0.1, 0.15) is 11.5 Å². The highest BCUT2D eigenvalue weighted by Crippen LogP contribution is 2.35. The third kappa shape index (κ3) is 5.51. The summed E-state index contributed by atoms with van der Waals surface area (Å²) < 4.78 is 10.9. The van der Waals surface area contributed by atoms with Gasteiger partial charge in [0.25, 0.3) is 0 Å². The van der Waals surface area contributed by atoms with E-state index in [1.165, 1.54) is 32.1 Å². The van der Waals surface area contributed by atoms with Gasteiger partial charge in [-0.15, -0.1) is 0 Å². The Hall–Kier alpha value is -1.03. The zero-order valence-corrected chi connectivity index (χ0v) is 17.3. The van der Waals surface area contributed by atoms with Crippen LogP contribution in [0.1, 0.15) is 73.4 Å². The van der Waals surface area contributed by atoms with Crippen LogP contribution >= 0.6 is 15.9 Å². The zero-order chi connectivity index (χ0) is 18.1. The topological polar surface area (TPSA) is 35.5 Å². The normalized spacial score (nSPS) is 12.1. The number of ether oxygens (including phenoxy) is 2. The summed E-state index contributed by atoms with van der Waals surface area (Å²) in [6.07, 6.45) is 8.20. The second kappa shape index (κ2) is 10.8. The van der Waals surface area contributed by atoms with Crippen LogP contribution in [0.5, 0.6) is 11.5 Å². The first-order chi connectivity index (χ1) is 11.5. The lowest BCUT2D eigenvalue weighted by atomic mass is 9.97. The molecule has 0 bridgehead atoms. The van der Waals surface area contributed by atoms with E-state index in [0.29, 0.717) is 11.3 Å². The summed E-state index contributed by atoms with van der Waals surface area (Å²) in [7, 11) is 3.24. The van der Waals surface area contributed by atoms with Gasteiger partial charge in [-0.1, -0.05) is 61.4 Å². The zero-order valence-electron chi connectivity index (χ0n) is 15.7. The van der Waals surface area contributed by atoms with Crippen molar-refractivity contribution in [3.8, 4) is 11.5 Å². The number of halogens is 1. The van der Waals surface area contributed by atoms with Gasteiger partial charge >= 0.3 is 0 Å². The van der Waals surface area contributed by atoms with Crippen molar-refractivity contribution >= 4 is 21.7 Å². The molecule has 1 rings (SSSR count). The number of unbranched alkanes of at least 4 members (excludes halogenated alkanes) is 5. The minimum absolute atomic E-state index is 0.0711. The third-order valence-corrected chi connectivity index (χ3v) is 5.45. The molecule has 0 aliphatic rings. The molecule has 0 heterocycles. The summed E-state index contributed by atoms with van der Waals surface area (Å²) in [5.41, 5.74) is 2.57. The molecule has 0 aliphatic carbocycles. The summed E-state index contributed by atoms with van der Waals surface area (Å²) in [6, 6.07) is 1.80. The summed E-state index contributed by atoms with van der Waals surface area (Å²) >= 11 is 3.57. The van der Waals surface area contributed by atoms with E-state index in [-0.39, 0.29) is 10.6 Å². The van der Waals surface area contributed by atoms with Crippen LogP contribution in [0.15, 0.2) is 6.07 Å². The van der Waals surface area contributed by atoms with Gasteiger partial charge < -0.3 is 9.47 Å². The van der Waals surface area contributed by atoms with Crippen molar-refractivity contribution in [3.63, 3.8) is 0 Å². The molecule has 0 N–H and O–H groups in total. The van der Waals surface area contributed by atoms with Gasteiger partial charge in [0, 0.05) is 0 Å². The van der Waals surface area contributed by atoms with Crippen LogP contribution in [-0.2, 0) is 0 Å². The Morgan fingerprint density at radius 3 is 2.25 bits per heavy atom. The average Bonchev–Trinajstić information content (AvgIpc) is 2.59. The molecule has 1 aromatic rings. The first kappa shape index (κ1) is 21.0. The molecule has 4 heteroatoms. The lowest BCUT2D eigenvalue weighted by Gasteiger charge is -2.18. The number of ketones is 1. The van der Waals surface area contributed by atoms with E-state index in [1.807, 2.05) is 13.8 Å². The minimum Gasteiger partial charge on any atom is -0.496 e. The van der Waals surface area contributed by atoms with E-state index in [2.05, 4.69) is 22.9 Å². The van der Waals surface area contributed by atoms with Gasteiger partial charge in [0.15, 0.2) is 5.78 Å². The molecule has 1 unspecified atom stereocenters. The smallest absolute Gasteiger partial charge is 0.180 e. The van der Waals surface area contributed by atoms with Crippen LogP contribution in [-0.4, -0.2) is 24.8 Å². The predicted octanol–water partition coefficient (Wildman–Crippen LogP) is 6.02. The summed E-state index contributed by atoms with van der Waals surface area (Å²) in [4.78, 5) is 12.7. The first-order valence-electron chi connectivity index (χ1n) is 8.88. The van der Waals surface area contributed by atoms with Gasteiger partial charge in [0.05, 0.1) is 24.6 Å². The third-order valence-electron chi connectivity index (χ3n) is 4.58. The van der Waals surface area contributed by atoms with Gasteiger partial charge in [-0.2, -0.15) is 0 Å². The fourth-order valence-corrected chi connectivity index (χ4v) is 3.49. The Morgan fingerprint density at radius 1 is 1.04 bits per heavy atom. The maximum Gasteiger partial charge on any atom is 0.180 e. The number of rotatable bonds is 11. The molecular formula is C20H31BrO3. The van der Waals surface area contributed by atoms with Gasteiger partial charge in [-0.25, -0.2) is 0 Å². The van der Waals surface area contributed by atoms with E-state index in [1.54, 1.807) is 20.3 Å². The maximum atomic E-state index is 12.8. The molecular weight excluding hydrogens is 368 g/mol. The molecule has 0 radical (unpaired) electrons. The van der Waals surface area contributed by atoms with Crippen molar-refractivity contribution in [3.05, 3.63) is 22.8 Å². The quantitative estimate of drug-likeness (QED) is 0.259. The number of hydrogen-bond donors (Lipinski definition) is 0. The average molecular weight is 399 g/mol. The van der Waals surface area contributed by atoms with Crippen LogP contribution in [0, 0.1) is 13.8 Å². The second-order valence-electron chi connectivity index (χ2n) is 6.30. The molecule has 0 saturated heterocycles. The molecule has 0 fully saturated rings. The Kier molecular flexibility index (Phi) is 9.42. The predicted molar refractivity (Wildman–Crippen MR) is 104 cm³/mol. The highest BCUT2D eigenvalue weighted by molar-refractivity contribution is 9.10. The summed E-state index contributed by atoms with van der Waals surface area (Å²) in [5.74, 6) is 1.46. The van der Waals surface area contributed by atoms with Crippen molar-refractivity contribution in [2.75, 3.05) is 14.2 Å². The van der Waals surface area contributed by atoms with E-state index in [4.69, 9.17) is 9.47 Å². The standard InChI is InChI=1S/C20H31BrO3/c1-6-7-8-9-10-11-12-17(21)19(22)16-13-18(23-4)14(2)15(3)20(16)24-5/h13,17H,6-12H2,1-5H3. The molecule has 3 nitrogen and oxygen atoms in total. The Balaban J connectivity index is 2.77. The Labute approximate surface area is 155 Å². The minimum atomic E-state index is -0.176. The lowest BCUT2D eigenvalue weighted by molar-refractivity contribution is 0.0984. The van der Waals surface area contributed by atoms with Crippen molar-refractivity contribution in [2.24, 2.45) is 0 Å². The Morgan fingerprint density at radius 2 is 1.67 bits per heavy atom. The largest absolute Gasteiger partial charge is 0.496 e. The van der Waals surface area contributed by atoms with Crippen molar-refractivity contribution in [1.82, 2.24) is 0 Å². The number of hydrogen-bond acceptors (Lipinski definition) is 3. The lowest BCUT2D eigenvalue weighted by Crippen LogP contribution is -2.16. The van der Waals surface area contributed by atoms with Crippen LogP contribution in [0.2, 0.25) is 0 Å². The molecule has 0 spiro atoms. The van der Waals surface area contributed by atoms with Crippen LogP contribution in [0.25, 0.3) is 0 Å². The van der Waals surface area contributed by atoms with Gasteiger partial charge in [-0.3, -0.25) is 4.79 Å². The fraction of sp³-hybridized carbons (Fsp3) is 0.650. The Bertz CT molecular complexity index is 540. The van der Waals surface area contributed by atoms with Crippen molar-refractivity contribution < 1.29 is 14.3 Å². The molecule has 0 aromatic heterocycles. The molecule has 0 aliphatic heterocycles. The van der Waals surface area contributed by atoms with Crippen molar-refractivity contribution in [1.29, 1.82) is 0 Å². The monoisotopic (exact) mass is 398 g/mol. The second-order valence-corrected chi connectivity index (χ2v) is 7.40. The fourth-order valence-electron chi connectivity index (χ4n) is 2.92.